The van der Waals surface area contributed by atoms with E-state index in [1.165, 1.54) is 11.8 Å². The third-order valence-corrected chi connectivity index (χ3v) is 2.88. The summed E-state index contributed by atoms with van der Waals surface area (Å²) in [7, 11) is 0. The van der Waals surface area contributed by atoms with Crippen LogP contribution in [0, 0.1) is 0 Å². The highest BCUT2D eigenvalue weighted by Gasteiger charge is 2.37. The van der Waals surface area contributed by atoms with Gasteiger partial charge in [0.2, 0.25) is 0 Å². The van der Waals surface area contributed by atoms with Crippen molar-refractivity contribution in [3.63, 3.8) is 0 Å². The lowest BCUT2D eigenvalue weighted by Gasteiger charge is -2.35. The van der Waals surface area contributed by atoms with Gasteiger partial charge in [0, 0.05) is 5.69 Å². The number of ether oxygens (including phenoxy) is 1. The standard InChI is InChI=1S/C12H14N2O4/c1-6(12(16)17)14-9-5-8(13)3-4-10(9)18-7(2)11(14)15/h3-7H,13H2,1-2H3,(H,16,17). The number of carbonyl (C=O) groups excluding carboxylic acids is 1. The first kappa shape index (κ1) is 12.2. The average Bonchev–Trinajstić information content (AvgIpc) is 2.31. The van der Waals surface area contributed by atoms with Crippen molar-refractivity contribution >= 4 is 23.3 Å². The van der Waals surface area contributed by atoms with E-state index in [0.29, 0.717) is 17.1 Å². The van der Waals surface area contributed by atoms with E-state index in [2.05, 4.69) is 0 Å². The highest BCUT2D eigenvalue weighted by molar-refractivity contribution is 6.04. The van der Waals surface area contributed by atoms with E-state index in [4.69, 9.17) is 15.6 Å². The fraction of sp³-hybridized carbons (Fsp3) is 0.333. The predicted octanol–water partition coefficient (Wildman–Crippen LogP) is 0.856. The second-order valence-electron chi connectivity index (χ2n) is 4.21. The Hall–Kier alpha value is -2.24. The summed E-state index contributed by atoms with van der Waals surface area (Å²) in [5.41, 5.74) is 6.50. The summed E-state index contributed by atoms with van der Waals surface area (Å²) in [6, 6.07) is 3.85. The lowest BCUT2D eigenvalue weighted by atomic mass is 10.1. The molecule has 0 aromatic heterocycles. The first-order chi connectivity index (χ1) is 8.41. The maximum atomic E-state index is 12.0. The van der Waals surface area contributed by atoms with Crippen LogP contribution in [-0.4, -0.2) is 29.1 Å². The smallest absolute Gasteiger partial charge is 0.326 e. The molecule has 0 fully saturated rings. The SMILES string of the molecule is CC1Oc2ccc(N)cc2N(C(C)C(=O)O)C1=O. The van der Waals surface area contributed by atoms with Gasteiger partial charge in [0.1, 0.15) is 11.8 Å². The number of aliphatic carboxylic acids is 1. The molecule has 6 nitrogen and oxygen atoms in total. The van der Waals surface area contributed by atoms with Crippen LogP contribution in [0.4, 0.5) is 11.4 Å². The van der Waals surface area contributed by atoms with Gasteiger partial charge in [0.05, 0.1) is 5.69 Å². The van der Waals surface area contributed by atoms with Gasteiger partial charge in [-0.15, -0.1) is 0 Å². The Morgan fingerprint density at radius 1 is 1.56 bits per heavy atom. The van der Waals surface area contributed by atoms with Crippen molar-refractivity contribution in [1.82, 2.24) is 0 Å². The zero-order valence-corrected chi connectivity index (χ0v) is 10.1. The van der Waals surface area contributed by atoms with Gasteiger partial charge in [-0.3, -0.25) is 9.69 Å². The molecule has 1 aromatic carbocycles. The average molecular weight is 250 g/mol. The minimum Gasteiger partial charge on any atom is -0.480 e. The summed E-state index contributed by atoms with van der Waals surface area (Å²) in [6.07, 6.45) is -0.706. The third kappa shape index (κ3) is 1.85. The summed E-state index contributed by atoms with van der Waals surface area (Å²) in [5, 5.41) is 9.07. The first-order valence-electron chi connectivity index (χ1n) is 5.54. The van der Waals surface area contributed by atoms with Crippen molar-refractivity contribution in [2.24, 2.45) is 0 Å². The van der Waals surface area contributed by atoms with Gasteiger partial charge in [0.25, 0.3) is 5.91 Å². The number of hydrogen-bond donors (Lipinski definition) is 2. The van der Waals surface area contributed by atoms with Gasteiger partial charge in [0.15, 0.2) is 6.10 Å². The number of nitrogen functional groups attached to an aromatic ring is 1. The topological polar surface area (TPSA) is 92.9 Å². The molecule has 2 unspecified atom stereocenters. The quantitative estimate of drug-likeness (QED) is 0.759. The molecular formula is C12H14N2O4. The van der Waals surface area contributed by atoms with Crippen LogP contribution in [0.3, 0.4) is 0 Å². The van der Waals surface area contributed by atoms with Crippen LogP contribution in [-0.2, 0) is 9.59 Å². The molecule has 96 valence electrons. The molecule has 1 aromatic rings. The van der Waals surface area contributed by atoms with Gasteiger partial charge in [-0.25, -0.2) is 4.79 Å². The van der Waals surface area contributed by atoms with E-state index in [1.54, 1.807) is 25.1 Å². The van der Waals surface area contributed by atoms with Crippen molar-refractivity contribution in [2.75, 3.05) is 10.6 Å². The van der Waals surface area contributed by atoms with Crippen LogP contribution in [0.1, 0.15) is 13.8 Å². The summed E-state index contributed by atoms with van der Waals surface area (Å²) in [4.78, 5) is 24.3. The number of rotatable bonds is 2. The number of fused-ring (bicyclic) bond motifs is 1. The zero-order valence-electron chi connectivity index (χ0n) is 10.1. The molecule has 2 rings (SSSR count). The number of carbonyl (C=O) groups is 2. The van der Waals surface area contributed by atoms with Crippen molar-refractivity contribution in [2.45, 2.75) is 26.0 Å². The Balaban J connectivity index is 2.54. The molecule has 2 atom stereocenters. The van der Waals surface area contributed by atoms with Crippen LogP contribution < -0.4 is 15.4 Å². The highest BCUT2D eigenvalue weighted by Crippen LogP contribution is 2.36. The Labute approximate surface area is 104 Å². The molecule has 1 aliphatic heterocycles. The van der Waals surface area contributed by atoms with Gasteiger partial charge in [-0.2, -0.15) is 0 Å². The molecule has 0 saturated heterocycles. The van der Waals surface area contributed by atoms with Gasteiger partial charge in [-0.1, -0.05) is 0 Å². The second kappa shape index (κ2) is 4.21. The summed E-state index contributed by atoms with van der Waals surface area (Å²) < 4.78 is 5.42. The monoisotopic (exact) mass is 250 g/mol. The Kier molecular flexibility index (Phi) is 2.86. The zero-order chi connectivity index (χ0) is 13.4. The summed E-state index contributed by atoms with van der Waals surface area (Å²) in [5.74, 6) is -1.00. The Morgan fingerprint density at radius 3 is 2.83 bits per heavy atom. The first-order valence-corrected chi connectivity index (χ1v) is 5.54. The molecular weight excluding hydrogens is 236 g/mol. The predicted molar refractivity (Wildman–Crippen MR) is 65.5 cm³/mol. The minimum atomic E-state index is -1.08. The molecule has 1 heterocycles. The molecule has 0 saturated carbocycles. The fourth-order valence-electron chi connectivity index (χ4n) is 1.89. The van der Waals surface area contributed by atoms with Crippen LogP contribution in [0.2, 0.25) is 0 Å². The molecule has 0 radical (unpaired) electrons. The fourth-order valence-corrected chi connectivity index (χ4v) is 1.89. The number of benzene rings is 1. The molecule has 0 spiro atoms. The Bertz CT molecular complexity index is 515. The van der Waals surface area contributed by atoms with Crippen LogP contribution in [0.5, 0.6) is 5.75 Å². The van der Waals surface area contributed by atoms with Gasteiger partial charge < -0.3 is 15.6 Å². The normalized spacial score (nSPS) is 20.0. The highest BCUT2D eigenvalue weighted by atomic mass is 16.5. The number of hydrogen-bond acceptors (Lipinski definition) is 4. The van der Waals surface area contributed by atoms with Gasteiger partial charge in [-0.05, 0) is 32.0 Å². The van der Waals surface area contributed by atoms with Crippen LogP contribution >= 0.6 is 0 Å². The second-order valence-corrected chi connectivity index (χ2v) is 4.21. The van der Waals surface area contributed by atoms with Crippen molar-refractivity contribution in [3.05, 3.63) is 18.2 Å². The number of amides is 1. The largest absolute Gasteiger partial charge is 0.480 e. The summed E-state index contributed by atoms with van der Waals surface area (Å²) >= 11 is 0. The third-order valence-electron chi connectivity index (χ3n) is 2.88. The lowest BCUT2D eigenvalue weighted by molar-refractivity contribution is -0.140. The van der Waals surface area contributed by atoms with E-state index < -0.39 is 18.1 Å². The van der Waals surface area contributed by atoms with E-state index in [-0.39, 0.29) is 5.91 Å². The van der Waals surface area contributed by atoms with E-state index in [0.717, 1.165) is 0 Å². The van der Waals surface area contributed by atoms with Gasteiger partial charge >= 0.3 is 5.97 Å². The molecule has 3 N–H and O–H groups in total. The summed E-state index contributed by atoms with van der Waals surface area (Å²) in [6.45, 7) is 3.04. The molecule has 18 heavy (non-hydrogen) atoms. The molecule has 6 heteroatoms. The lowest BCUT2D eigenvalue weighted by Crippen LogP contribution is -2.51. The van der Waals surface area contributed by atoms with Crippen LogP contribution in [0.15, 0.2) is 18.2 Å². The van der Waals surface area contributed by atoms with Crippen molar-refractivity contribution < 1.29 is 19.4 Å². The van der Waals surface area contributed by atoms with E-state index in [9.17, 15) is 9.59 Å². The van der Waals surface area contributed by atoms with Crippen LogP contribution in [0.25, 0.3) is 0 Å². The number of anilines is 2. The number of nitrogens with zero attached hydrogens (tertiary/aromatic N) is 1. The maximum Gasteiger partial charge on any atom is 0.326 e. The number of carboxylic acid groups (broad SMARTS) is 1. The number of carboxylic acids is 1. The minimum absolute atomic E-state index is 0.386. The maximum absolute atomic E-state index is 12.0. The Morgan fingerprint density at radius 2 is 2.22 bits per heavy atom. The number of nitrogens with two attached hydrogens (primary N) is 1. The molecule has 0 bridgehead atoms. The van der Waals surface area contributed by atoms with Crippen molar-refractivity contribution in [3.8, 4) is 5.75 Å². The molecule has 1 aliphatic rings. The van der Waals surface area contributed by atoms with E-state index in [1.807, 2.05) is 0 Å². The molecule has 1 amide bonds. The van der Waals surface area contributed by atoms with Crippen molar-refractivity contribution in [1.29, 1.82) is 0 Å². The van der Waals surface area contributed by atoms with E-state index >= 15 is 0 Å². The molecule has 0 aliphatic carbocycles.